The Hall–Kier alpha value is -1.81. The van der Waals surface area contributed by atoms with Crippen LogP contribution in [0.15, 0.2) is 25.0 Å². The van der Waals surface area contributed by atoms with Gasteiger partial charge in [0.2, 0.25) is 0 Å². The Morgan fingerprint density at radius 2 is 2.44 bits per heavy atom. The zero-order valence-electron chi connectivity index (χ0n) is 8.61. The molecule has 0 aliphatic rings. The molecule has 4 nitrogen and oxygen atoms in total. The van der Waals surface area contributed by atoms with Crippen molar-refractivity contribution in [1.82, 2.24) is 9.38 Å². The van der Waals surface area contributed by atoms with E-state index in [1.54, 1.807) is 22.7 Å². The third-order valence-corrected chi connectivity index (χ3v) is 2.50. The summed E-state index contributed by atoms with van der Waals surface area (Å²) in [5.74, 6) is -0.448. The van der Waals surface area contributed by atoms with Gasteiger partial charge >= 0.3 is 5.97 Å². The predicted molar refractivity (Wildman–Crippen MR) is 61.6 cm³/mol. The average molecular weight is 237 g/mol. The molecule has 5 heteroatoms. The Balaban J connectivity index is 2.79. The molecule has 0 saturated carbocycles. The summed E-state index contributed by atoms with van der Waals surface area (Å²) in [5.41, 5.74) is 1.61. The van der Waals surface area contributed by atoms with Gasteiger partial charge in [0.15, 0.2) is 5.65 Å². The first-order chi connectivity index (χ1) is 7.67. The highest BCUT2D eigenvalue weighted by Gasteiger charge is 2.14. The van der Waals surface area contributed by atoms with Gasteiger partial charge in [-0.15, -0.1) is 0 Å². The molecule has 16 heavy (non-hydrogen) atoms. The van der Waals surface area contributed by atoms with E-state index in [0.717, 1.165) is 5.56 Å². The van der Waals surface area contributed by atoms with Gasteiger partial charge in [0, 0.05) is 6.20 Å². The second-order valence-electron chi connectivity index (χ2n) is 3.16. The lowest BCUT2D eigenvalue weighted by Crippen LogP contribution is -2.05. The second kappa shape index (κ2) is 3.98. The summed E-state index contributed by atoms with van der Waals surface area (Å²) in [6, 6.07) is 1.66. The zero-order valence-corrected chi connectivity index (χ0v) is 9.36. The number of esters is 1. The predicted octanol–water partition coefficient (Wildman–Crippen LogP) is 2.42. The van der Waals surface area contributed by atoms with Crippen LogP contribution in [-0.2, 0) is 4.74 Å². The lowest BCUT2D eigenvalue weighted by Gasteiger charge is -2.04. The van der Waals surface area contributed by atoms with Crippen LogP contribution in [0.3, 0.4) is 0 Å². The number of carbonyl (C=O) groups is 1. The van der Waals surface area contributed by atoms with Gasteiger partial charge < -0.3 is 4.74 Å². The van der Waals surface area contributed by atoms with E-state index in [0.29, 0.717) is 16.4 Å². The largest absolute Gasteiger partial charge is 0.465 e. The van der Waals surface area contributed by atoms with Crippen molar-refractivity contribution in [3.8, 4) is 0 Å². The lowest BCUT2D eigenvalue weighted by molar-refractivity contribution is 0.0602. The molecule has 2 aromatic heterocycles. The van der Waals surface area contributed by atoms with Crippen molar-refractivity contribution in [3.63, 3.8) is 0 Å². The Bertz CT molecular complexity index is 575. The summed E-state index contributed by atoms with van der Waals surface area (Å²) < 4.78 is 6.30. The van der Waals surface area contributed by atoms with Gasteiger partial charge in [-0.05, 0) is 11.6 Å². The van der Waals surface area contributed by atoms with Crippen LogP contribution in [-0.4, -0.2) is 22.5 Å². The molecular weight excluding hydrogens is 228 g/mol. The number of aromatic nitrogens is 2. The van der Waals surface area contributed by atoms with Crippen LogP contribution in [0, 0.1) is 0 Å². The minimum Gasteiger partial charge on any atom is -0.465 e. The fourth-order valence-electron chi connectivity index (χ4n) is 1.45. The molecule has 2 rings (SSSR count). The number of ether oxygens (including phenoxy) is 1. The van der Waals surface area contributed by atoms with E-state index in [1.165, 1.54) is 13.3 Å². The van der Waals surface area contributed by atoms with Crippen LogP contribution in [0.1, 0.15) is 15.9 Å². The molecule has 0 atom stereocenters. The van der Waals surface area contributed by atoms with Gasteiger partial charge in [0.05, 0.1) is 13.3 Å². The van der Waals surface area contributed by atoms with Gasteiger partial charge in [0.1, 0.15) is 10.7 Å². The minimum absolute atomic E-state index is 0.367. The first kappa shape index (κ1) is 10.7. The molecule has 0 unspecified atom stereocenters. The highest BCUT2D eigenvalue weighted by molar-refractivity contribution is 6.29. The average Bonchev–Trinajstić information content (AvgIpc) is 2.69. The quantitative estimate of drug-likeness (QED) is 0.752. The molecule has 0 fully saturated rings. The van der Waals surface area contributed by atoms with E-state index >= 15 is 0 Å². The molecule has 0 spiro atoms. The number of nitrogens with zero attached hydrogens (tertiary/aromatic N) is 2. The highest BCUT2D eigenvalue weighted by Crippen LogP contribution is 2.19. The van der Waals surface area contributed by atoms with Crippen molar-refractivity contribution in [2.75, 3.05) is 7.11 Å². The second-order valence-corrected chi connectivity index (χ2v) is 3.54. The number of hydrogen-bond donors (Lipinski definition) is 0. The van der Waals surface area contributed by atoms with E-state index < -0.39 is 5.97 Å². The SMILES string of the molecule is C=Cc1cc(C(=O)OC)c2ncc(Cl)n2c1. The summed E-state index contributed by atoms with van der Waals surface area (Å²) in [6.07, 6.45) is 4.86. The number of carbonyl (C=O) groups excluding carboxylic acids is 1. The summed E-state index contributed by atoms with van der Waals surface area (Å²) in [4.78, 5) is 15.6. The molecule has 0 aliphatic carbocycles. The molecule has 2 aromatic rings. The van der Waals surface area contributed by atoms with Gasteiger partial charge in [-0.25, -0.2) is 9.78 Å². The van der Waals surface area contributed by atoms with Crippen molar-refractivity contribution < 1.29 is 9.53 Å². The van der Waals surface area contributed by atoms with Crippen LogP contribution in [0.25, 0.3) is 11.7 Å². The number of imidazole rings is 1. The number of hydrogen-bond acceptors (Lipinski definition) is 3. The number of methoxy groups -OCH3 is 1. The van der Waals surface area contributed by atoms with Crippen LogP contribution in [0.5, 0.6) is 0 Å². The van der Waals surface area contributed by atoms with E-state index in [1.807, 2.05) is 0 Å². The van der Waals surface area contributed by atoms with Crippen molar-refractivity contribution in [3.05, 3.63) is 41.3 Å². The van der Waals surface area contributed by atoms with E-state index in [4.69, 9.17) is 11.6 Å². The Morgan fingerprint density at radius 3 is 3.06 bits per heavy atom. The summed E-state index contributed by atoms with van der Waals surface area (Å²) in [6.45, 7) is 3.65. The van der Waals surface area contributed by atoms with Crippen molar-refractivity contribution in [2.24, 2.45) is 0 Å². The normalized spacial score (nSPS) is 10.4. The van der Waals surface area contributed by atoms with Crippen molar-refractivity contribution in [1.29, 1.82) is 0 Å². The smallest absolute Gasteiger partial charge is 0.341 e. The van der Waals surface area contributed by atoms with Gasteiger partial charge in [-0.2, -0.15) is 0 Å². The third-order valence-electron chi connectivity index (χ3n) is 2.22. The fraction of sp³-hybridized carbons (Fsp3) is 0.0909. The lowest BCUT2D eigenvalue weighted by atomic mass is 10.2. The minimum atomic E-state index is -0.448. The van der Waals surface area contributed by atoms with Crippen LogP contribution in [0.2, 0.25) is 5.15 Å². The summed E-state index contributed by atoms with van der Waals surface area (Å²) >= 11 is 5.94. The van der Waals surface area contributed by atoms with E-state index in [-0.39, 0.29) is 0 Å². The molecule has 0 saturated heterocycles. The zero-order chi connectivity index (χ0) is 11.7. The highest BCUT2D eigenvalue weighted by atomic mass is 35.5. The number of pyridine rings is 1. The maximum absolute atomic E-state index is 11.6. The Kier molecular flexibility index (Phi) is 2.66. The standard InChI is InChI=1S/C11H9ClN2O2/c1-3-7-4-8(11(15)16-2)10-13-5-9(12)14(10)6-7/h3-6H,1H2,2H3. The molecular formula is C11H9ClN2O2. The number of halogens is 1. The maximum atomic E-state index is 11.6. The molecule has 0 aromatic carbocycles. The summed E-state index contributed by atoms with van der Waals surface area (Å²) in [5, 5.41) is 0.434. The number of fused-ring (bicyclic) bond motifs is 1. The molecule has 0 bridgehead atoms. The number of rotatable bonds is 2. The monoisotopic (exact) mass is 236 g/mol. The first-order valence-electron chi connectivity index (χ1n) is 4.54. The van der Waals surface area contributed by atoms with Gasteiger partial charge in [-0.1, -0.05) is 24.3 Å². The topological polar surface area (TPSA) is 43.6 Å². The van der Waals surface area contributed by atoms with Crippen LogP contribution >= 0.6 is 11.6 Å². The van der Waals surface area contributed by atoms with Crippen molar-refractivity contribution in [2.45, 2.75) is 0 Å². The van der Waals surface area contributed by atoms with Crippen LogP contribution in [0.4, 0.5) is 0 Å². The van der Waals surface area contributed by atoms with E-state index in [9.17, 15) is 4.79 Å². The van der Waals surface area contributed by atoms with Gasteiger partial charge in [0.25, 0.3) is 0 Å². The summed E-state index contributed by atoms with van der Waals surface area (Å²) in [7, 11) is 1.32. The Labute approximate surface area is 97.1 Å². The molecule has 0 amide bonds. The Morgan fingerprint density at radius 1 is 1.69 bits per heavy atom. The fourth-order valence-corrected chi connectivity index (χ4v) is 1.63. The van der Waals surface area contributed by atoms with Crippen molar-refractivity contribution >= 4 is 29.3 Å². The molecule has 2 heterocycles. The third kappa shape index (κ3) is 1.57. The maximum Gasteiger partial charge on any atom is 0.341 e. The van der Waals surface area contributed by atoms with Gasteiger partial charge in [-0.3, -0.25) is 4.40 Å². The molecule has 0 radical (unpaired) electrons. The van der Waals surface area contributed by atoms with Crippen LogP contribution < -0.4 is 0 Å². The first-order valence-corrected chi connectivity index (χ1v) is 4.92. The molecule has 82 valence electrons. The van der Waals surface area contributed by atoms with E-state index in [2.05, 4.69) is 16.3 Å². The molecule has 0 aliphatic heterocycles. The molecule has 0 N–H and O–H groups in total.